The van der Waals surface area contributed by atoms with E-state index in [4.69, 9.17) is 14.0 Å². The third-order valence-electron chi connectivity index (χ3n) is 4.17. The van der Waals surface area contributed by atoms with Crippen molar-refractivity contribution in [1.82, 2.24) is 5.16 Å². The van der Waals surface area contributed by atoms with Crippen LogP contribution in [0.15, 0.2) is 47.0 Å². The fourth-order valence-electron chi connectivity index (χ4n) is 2.65. The Bertz CT molecular complexity index is 923. The molecule has 0 fully saturated rings. The predicted molar refractivity (Wildman–Crippen MR) is 97.6 cm³/mol. The van der Waals surface area contributed by atoms with Crippen molar-refractivity contribution in [2.75, 3.05) is 0 Å². The second-order valence-electron chi connectivity index (χ2n) is 6.28. The van der Waals surface area contributed by atoms with Gasteiger partial charge in [0.2, 0.25) is 0 Å². The maximum atomic E-state index is 12.4. The van der Waals surface area contributed by atoms with E-state index in [1.807, 2.05) is 39.8 Å². The first-order valence-corrected chi connectivity index (χ1v) is 8.38. The molecule has 0 spiro atoms. The number of rotatable bonds is 5. The van der Waals surface area contributed by atoms with Crippen molar-refractivity contribution in [1.29, 1.82) is 0 Å². The van der Waals surface area contributed by atoms with Gasteiger partial charge in [-0.1, -0.05) is 28.9 Å². The summed E-state index contributed by atoms with van der Waals surface area (Å²) in [5.74, 6) is 1.45. The van der Waals surface area contributed by atoms with E-state index in [1.165, 1.54) is 0 Å². The number of nitrogens with zero attached hydrogens (tertiary/aromatic N) is 1. The molecule has 5 heteroatoms. The molecule has 0 bridgehead atoms. The van der Waals surface area contributed by atoms with Gasteiger partial charge in [-0.2, -0.15) is 0 Å². The molecule has 0 unspecified atom stereocenters. The van der Waals surface area contributed by atoms with Crippen LogP contribution in [0.3, 0.4) is 0 Å². The monoisotopic (exact) mass is 351 g/mol. The van der Waals surface area contributed by atoms with Gasteiger partial charge in [-0.05, 0) is 57.5 Å². The highest BCUT2D eigenvalue weighted by atomic mass is 16.5. The summed E-state index contributed by atoms with van der Waals surface area (Å²) in [6, 6.07) is 12.6. The molecule has 0 radical (unpaired) electrons. The Balaban J connectivity index is 1.71. The number of benzene rings is 2. The molecule has 26 heavy (non-hydrogen) atoms. The highest BCUT2D eigenvalue weighted by Gasteiger charge is 2.13. The Morgan fingerprint density at radius 2 is 1.88 bits per heavy atom. The Morgan fingerprint density at radius 3 is 2.58 bits per heavy atom. The Morgan fingerprint density at radius 1 is 1.08 bits per heavy atom. The molecule has 0 saturated carbocycles. The van der Waals surface area contributed by atoms with E-state index in [9.17, 15) is 4.79 Å². The van der Waals surface area contributed by atoms with Gasteiger partial charge < -0.3 is 14.0 Å². The van der Waals surface area contributed by atoms with Crippen molar-refractivity contribution in [3.05, 3.63) is 76.2 Å². The fourth-order valence-corrected chi connectivity index (χ4v) is 2.65. The topological polar surface area (TPSA) is 61.6 Å². The zero-order chi connectivity index (χ0) is 18.7. The van der Waals surface area contributed by atoms with E-state index in [0.717, 1.165) is 28.1 Å². The van der Waals surface area contributed by atoms with Crippen LogP contribution >= 0.6 is 0 Å². The molecule has 0 amide bonds. The van der Waals surface area contributed by atoms with E-state index >= 15 is 0 Å². The van der Waals surface area contributed by atoms with E-state index in [0.29, 0.717) is 23.7 Å². The van der Waals surface area contributed by atoms with Gasteiger partial charge in [0.15, 0.2) is 0 Å². The Labute approximate surface area is 152 Å². The standard InChI is InChI=1S/C21H21NO4/c1-13-8-9-20(14(2)10-13)25-21(23)17-6-5-7-18(11-17)24-12-19-15(3)22-26-16(19)4/h5-11H,12H2,1-4H3. The molecule has 0 aliphatic rings. The molecule has 3 rings (SSSR count). The molecule has 0 N–H and O–H groups in total. The first-order valence-electron chi connectivity index (χ1n) is 8.38. The molecule has 1 heterocycles. The number of hydrogen-bond acceptors (Lipinski definition) is 5. The van der Waals surface area contributed by atoms with Crippen LogP contribution in [0.4, 0.5) is 0 Å². The molecule has 0 aliphatic carbocycles. The number of aryl methyl sites for hydroxylation is 4. The van der Waals surface area contributed by atoms with E-state index in [1.54, 1.807) is 30.3 Å². The number of aromatic nitrogens is 1. The minimum absolute atomic E-state index is 0.330. The molecular formula is C21H21NO4. The van der Waals surface area contributed by atoms with Gasteiger partial charge in [0.05, 0.1) is 16.8 Å². The molecule has 0 atom stereocenters. The lowest BCUT2D eigenvalue weighted by Gasteiger charge is -2.10. The lowest BCUT2D eigenvalue weighted by Crippen LogP contribution is -2.09. The molecule has 1 aromatic heterocycles. The van der Waals surface area contributed by atoms with Gasteiger partial charge in [0.1, 0.15) is 23.9 Å². The number of esters is 1. The van der Waals surface area contributed by atoms with Crippen molar-refractivity contribution in [2.45, 2.75) is 34.3 Å². The van der Waals surface area contributed by atoms with Crippen molar-refractivity contribution in [3.63, 3.8) is 0 Å². The summed E-state index contributed by atoms with van der Waals surface area (Å²) in [4.78, 5) is 12.4. The first kappa shape index (κ1) is 17.7. The molecule has 0 saturated heterocycles. The Kier molecular flexibility index (Phi) is 5.07. The molecule has 2 aromatic carbocycles. The predicted octanol–water partition coefficient (Wildman–Crippen LogP) is 4.71. The summed E-state index contributed by atoms with van der Waals surface area (Å²) in [6.07, 6.45) is 0. The van der Waals surface area contributed by atoms with Gasteiger partial charge in [-0.15, -0.1) is 0 Å². The molecule has 134 valence electrons. The highest BCUT2D eigenvalue weighted by molar-refractivity contribution is 5.91. The number of hydrogen-bond donors (Lipinski definition) is 0. The van der Waals surface area contributed by atoms with Crippen LogP contribution in [0.25, 0.3) is 0 Å². The van der Waals surface area contributed by atoms with Gasteiger partial charge in [-0.25, -0.2) is 4.79 Å². The van der Waals surface area contributed by atoms with Crippen molar-refractivity contribution in [3.8, 4) is 11.5 Å². The minimum atomic E-state index is -0.417. The maximum Gasteiger partial charge on any atom is 0.343 e. The number of ether oxygens (including phenoxy) is 2. The van der Waals surface area contributed by atoms with Crippen LogP contribution in [0.1, 0.15) is 38.5 Å². The fraction of sp³-hybridized carbons (Fsp3) is 0.238. The summed E-state index contributed by atoms with van der Waals surface area (Å²) in [5, 5.41) is 3.91. The van der Waals surface area contributed by atoms with Crippen molar-refractivity contribution in [2.24, 2.45) is 0 Å². The Hall–Kier alpha value is -3.08. The van der Waals surface area contributed by atoms with Crippen LogP contribution in [0, 0.1) is 27.7 Å². The van der Waals surface area contributed by atoms with Gasteiger partial charge in [0, 0.05) is 0 Å². The van der Waals surface area contributed by atoms with Crippen LogP contribution in [-0.4, -0.2) is 11.1 Å². The normalized spacial score (nSPS) is 10.6. The van der Waals surface area contributed by atoms with E-state index in [-0.39, 0.29) is 0 Å². The quantitative estimate of drug-likeness (QED) is 0.492. The van der Waals surface area contributed by atoms with E-state index in [2.05, 4.69) is 5.16 Å². The third kappa shape index (κ3) is 3.94. The lowest BCUT2D eigenvalue weighted by molar-refractivity contribution is 0.0733. The number of carbonyl (C=O) groups excluding carboxylic acids is 1. The van der Waals surface area contributed by atoms with Crippen LogP contribution in [0.5, 0.6) is 11.5 Å². The molecule has 5 nitrogen and oxygen atoms in total. The van der Waals surface area contributed by atoms with E-state index < -0.39 is 5.97 Å². The average molecular weight is 351 g/mol. The summed E-state index contributed by atoms with van der Waals surface area (Å²) in [6.45, 7) is 7.96. The van der Waals surface area contributed by atoms with Gasteiger partial charge in [-0.3, -0.25) is 0 Å². The maximum absolute atomic E-state index is 12.4. The van der Waals surface area contributed by atoms with Gasteiger partial charge >= 0.3 is 5.97 Å². The summed E-state index contributed by atoms with van der Waals surface area (Å²) in [5.41, 5.74) is 4.18. The average Bonchev–Trinajstić information content (AvgIpc) is 2.94. The number of carbonyl (C=O) groups is 1. The smallest absolute Gasteiger partial charge is 0.343 e. The van der Waals surface area contributed by atoms with Crippen molar-refractivity contribution >= 4 is 5.97 Å². The second kappa shape index (κ2) is 7.44. The zero-order valence-electron chi connectivity index (χ0n) is 15.3. The highest BCUT2D eigenvalue weighted by Crippen LogP contribution is 2.22. The first-order chi connectivity index (χ1) is 12.4. The van der Waals surface area contributed by atoms with Crippen LogP contribution in [0.2, 0.25) is 0 Å². The molecule has 0 aliphatic heterocycles. The SMILES string of the molecule is Cc1ccc(OC(=O)c2cccc(OCc3c(C)noc3C)c2)c(C)c1. The third-order valence-corrected chi connectivity index (χ3v) is 4.17. The molecule has 3 aromatic rings. The van der Waals surface area contributed by atoms with Crippen LogP contribution in [-0.2, 0) is 6.61 Å². The summed E-state index contributed by atoms with van der Waals surface area (Å²) in [7, 11) is 0. The summed E-state index contributed by atoms with van der Waals surface area (Å²) >= 11 is 0. The van der Waals surface area contributed by atoms with Crippen LogP contribution < -0.4 is 9.47 Å². The minimum Gasteiger partial charge on any atom is -0.489 e. The largest absolute Gasteiger partial charge is 0.489 e. The van der Waals surface area contributed by atoms with Crippen molar-refractivity contribution < 1.29 is 18.8 Å². The zero-order valence-corrected chi connectivity index (χ0v) is 15.3. The lowest BCUT2D eigenvalue weighted by atomic mass is 10.1. The molecular weight excluding hydrogens is 330 g/mol. The summed E-state index contributed by atoms with van der Waals surface area (Å²) < 4.78 is 16.4. The second-order valence-corrected chi connectivity index (χ2v) is 6.28. The van der Waals surface area contributed by atoms with Gasteiger partial charge in [0.25, 0.3) is 0 Å².